The number of rotatable bonds is 1. The third-order valence-electron chi connectivity index (χ3n) is 2.06. The number of nitrogens with zero attached hydrogens (tertiary/aromatic N) is 1. The Balaban J connectivity index is 2.49. The molecule has 1 aromatic heterocycles. The number of pyridine rings is 1. The van der Waals surface area contributed by atoms with Crippen molar-refractivity contribution in [3.8, 4) is 11.1 Å². The summed E-state index contributed by atoms with van der Waals surface area (Å²) in [6.45, 7) is 2.09. The molecule has 70 valence electrons. The van der Waals surface area contributed by atoms with E-state index in [0.29, 0.717) is 0 Å². The van der Waals surface area contributed by atoms with Gasteiger partial charge in [0.05, 0.1) is 0 Å². The number of halogens is 1. The Labute approximate surface area is 91.9 Å². The molecule has 1 aromatic carbocycles. The van der Waals surface area contributed by atoms with Crippen LogP contribution in [0.4, 0.5) is 0 Å². The maximum Gasteiger partial charge on any atom is 0.0410 e. The molecule has 0 fully saturated rings. The van der Waals surface area contributed by atoms with Crippen molar-refractivity contribution in [2.24, 2.45) is 0 Å². The largest absolute Gasteiger partial charge is 0.263 e. The number of hydrogen-bond acceptors (Lipinski definition) is 1. The highest BCUT2D eigenvalue weighted by Gasteiger charge is 1.98. The zero-order valence-electron chi connectivity index (χ0n) is 7.87. The zero-order chi connectivity index (χ0) is 9.97. The highest BCUT2D eigenvalue weighted by Crippen LogP contribution is 2.22. The first-order valence-electron chi connectivity index (χ1n) is 4.43. The molecule has 0 aliphatic rings. The normalized spacial score (nSPS) is 10.1. The van der Waals surface area contributed by atoms with Crippen molar-refractivity contribution in [2.75, 3.05) is 0 Å². The smallest absolute Gasteiger partial charge is 0.0410 e. The van der Waals surface area contributed by atoms with Gasteiger partial charge in [-0.3, -0.25) is 4.98 Å². The van der Waals surface area contributed by atoms with E-state index in [4.69, 9.17) is 0 Å². The first-order chi connectivity index (χ1) is 6.75. The van der Waals surface area contributed by atoms with E-state index in [1.54, 1.807) is 6.20 Å². The second-order valence-corrected chi connectivity index (χ2v) is 4.18. The molecule has 2 aromatic rings. The fourth-order valence-electron chi connectivity index (χ4n) is 1.39. The van der Waals surface area contributed by atoms with Crippen molar-refractivity contribution in [1.82, 2.24) is 4.98 Å². The summed E-state index contributed by atoms with van der Waals surface area (Å²) in [5.41, 5.74) is 3.62. The Hall–Kier alpha value is -1.15. The Kier molecular flexibility index (Phi) is 2.64. The third kappa shape index (κ3) is 2.02. The second-order valence-electron chi connectivity index (χ2n) is 3.26. The van der Waals surface area contributed by atoms with Crippen molar-refractivity contribution in [3.05, 3.63) is 52.8 Å². The molecule has 14 heavy (non-hydrogen) atoms. The van der Waals surface area contributed by atoms with Gasteiger partial charge in [0.15, 0.2) is 0 Å². The number of hydrogen-bond donors (Lipinski definition) is 0. The lowest BCUT2D eigenvalue weighted by Gasteiger charge is -2.02. The number of benzene rings is 1. The highest BCUT2D eigenvalue weighted by atomic mass is 79.9. The highest BCUT2D eigenvalue weighted by molar-refractivity contribution is 9.10. The molecular formula is C12H10BrN. The monoisotopic (exact) mass is 247 g/mol. The summed E-state index contributed by atoms with van der Waals surface area (Å²) in [6.07, 6.45) is 3.67. The van der Waals surface area contributed by atoms with Gasteiger partial charge in [-0.15, -0.1) is 0 Å². The second kappa shape index (κ2) is 3.93. The minimum absolute atomic E-state index is 1.01. The van der Waals surface area contributed by atoms with Crippen LogP contribution in [0.1, 0.15) is 5.56 Å². The molecule has 2 rings (SSSR count). The van der Waals surface area contributed by atoms with E-state index in [2.05, 4.69) is 58.2 Å². The van der Waals surface area contributed by atoms with Gasteiger partial charge in [0.2, 0.25) is 0 Å². The molecule has 0 atom stereocenters. The lowest BCUT2D eigenvalue weighted by atomic mass is 10.1. The van der Waals surface area contributed by atoms with Crippen LogP contribution < -0.4 is 0 Å². The van der Waals surface area contributed by atoms with Crippen LogP contribution in [0.3, 0.4) is 0 Å². The van der Waals surface area contributed by atoms with Crippen LogP contribution in [0, 0.1) is 6.92 Å². The van der Waals surface area contributed by atoms with Crippen LogP contribution in [0.5, 0.6) is 0 Å². The predicted octanol–water partition coefficient (Wildman–Crippen LogP) is 3.82. The van der Waals surface area contributed by atoms with Crippen molar-refractivity contribution in [2.45, 2.75) is 6.92 Å². The molecule has 1 heterocycles. The number of aryl methyl sites for hydroxylation is 1. The Morgan fingerprint density at radius 3 is 2.64 bits per heavy atom. The van der Waals surface area contributed by atoms with Gasteiger partial charge in [0.25, 0.3) is 0 Å². The molecule has 0 aliphatic heterocycles. The van der Waals surface area contributed by atoms with Gasteiger partial charge in [-0.05, 0) is 34.5 Å². The van der Waals surface area contributed by atoms with Crippen molar-refractivity contribution in [1.29, 1.82) is 0 Å². The van der Waals surface area contributed by atoms with Crippen LogP contribution >= 0.6 is 15.9 Å². The van der Waals surface area contributed by atoms with Gasteiger partial charge < -0.3 is 0 Å². The number of aromatic nitrogens is 1. The quantitative estimate of drug-likeness (QED) is 0.747. The van der Waals surface area contributed by atoms with E-state index in [-0.39, 0.29) is 0 Å². The van der Waals surface area contributed by atoms with E-state index in [9.17, 15) is 0 Å². The molecule has 2 heteroatoms. The molecule has 0 aliphatic carbocycles. The zero-order valence-corrected chi connectivity index (χ0v) is 9.45. The molecule has 0 saturated heterocycles. The van der Waals surface area contributed by atoms with Gasteiger partial charge in [-0.2, -0.15) is 0 Å². The Morgan fingerprint density at radius 1 is 1.07 bits per heavy atom. The van der Waals surface area contributed by atoms with Gasteiger partial charge in [-0.25, -0.2) is 0 Å². The molecule has 0 radical (unpaired) electrons. The fraction of sp³-hybridized carbons (Fsp3) is 0.0833. The molecule has 0 bridgehead atoms. The fourth-order valence-corrected chi connectivity index (χ4v) is 1.76. The van der Waals surface area contributed by atoms with Crippen LogP contribution in [-0.4, -0.2) is 4.98 Å². The minimum Gasteiger partial charge on any atom is -0.263 e. The average Bonchev–Trinajstić information content (AvgIpc) is 2.18. The van der Waals surface area contributed by atoms with Gasteiger partial charge >= 0.3 is 0 Å². The summed E-state index contributed by atoms with van der Waals surface area (Å²) in [7, 11) is 0. The summed E-state index contributed by atoms with van der Waals surface area (Å²) in [5.74, 6) is 0. The third-order valence-corrected chi connectivity index (χ3v) is 2.49. The van der Waals surface area contributed by atoms with Crippen LogP contribution in [0.25, 0.3) is 11.1 Å². The van der Waals surface area contributed by atoms with Crippen molar-refractivity contribution in [3.63, 3.8) is 0 Å². The van der Waals surface area contributed by atoms with Crippen LogP contribution in [0.15, 0.2) is 47.2 Å². The van der Waals surface area contributed by atoms with Gasteiger partial charge in [-0.1, -0.05) is 29.8 Å². The summed E-state index contributed by atoms with van der Waals surface area (Å²) in [4.78, 5) is 4.14. The average molecular weight is 248 g/mol. The van der Waals surface area contributed by atoms with Crippen LogP contribution in [0.2, 0.25) is 0 Å². The van der Waals surface area contributed by atoms with E-state index in [0.717, 1.165) is 10.0 Å². The van der Waals surface area contributed by atoms with Crippen molar-refractivity contribution < 1.29 is 0 Å². The Morgan fingerprint density at radius 2 is 1.93 bits per heavy atom. The van der Waals surface area contributed by atoms with Crippen LogP contribution in [-0.2, 0) is 0 Å². The topological polar surface area (TPSA) is 12.9 Å². The predicted molar refractivity (Wildman–Crippen MR) is 62.1 cm³/mol. The lowest BCUT2D eigenvalue weighted by molar-refractivity contribution is 1.31. The van der Waals surface area contributed by atoms with E-state index in [1.165, 1.54) is 11.1 Å². The summed E-state index contributed by atoms with van der Waals surface area (Å²) >= 11 is 3.42. The molecule has 0 spiro atoms. The van der Waals surface area contributed by atoms with Gasteiger partial charge in [0.1, 0.15) is 0 Å². The van der Waals surface area contributed by atoms with Crippen molar-refractivity contribution >= 4 is 15.9 Å². The standard InChI is InChI=1S/C12H10BrN/c1-9-3-2-4-10(5-9)11-6-12(13)8-14-7-11/h2-8H,1H3. The molecule has 0 saturated carbocycles. The van der Waals surface area contributed by atoms with E-state index in [1.807, 2.05) is 6.20 Å². The molecule has 0 amide bonds. The van der Waals surface area contributed by atoms with E-state index < -0.39 is 0 Å². The maximum absolute atomic E-state index is 4.14. The van der Waals surface area contributed by atoms with Gasteiger partial charge in [0, 0.05) is 22.4 Å². The molecule has 0 unspecified atom stereocenters. The first kappa shape index (κ1) is 9.41. The minimum atomic E-state index is 1.01. The summed E-state index contributed by atoms with van der Waals surface area (Å²) in [6, 6.07) is 10.5. The van der Waals surface area contributed by atoms with E-state index >= 15 is 0 Å². The molecule has 0 N–H and O–H groups in total. The molecule has 1 nitrogen and oxygen atoms in total. The summed E-state index contributed by atoms with van der Waals surface area (Å²) < 4.78 is 1.01. The summed E-state index contributed by atoms with van der Waals surface area (Å²) in [5, 5.41) is 0. The molecular weight excluding hydrogens is 238 g/mol. The lowest BCUT2D eigenvalue weighted by Crippen LogP contribution is -1.81. The maximum atomic E-state index is 4.14. The Bertz CT molecular complexity index is 408. The first-order valence-corrected chi connectivity index (χ1v) is 5.22. The SMILES string of the molecule is Cc1cccc(-c2cncc(Br)c2)c1.